The van der Waals surface area contributed by atoms with E-state index in [2.05, 4.69) is 39.7 Å². The number of nitrogens with zero attached hydrogens (tertiary/aromatic N) is 2. The van der Waals surface area contributed by atoms with Crippen molar-refractivity contribution in [1.29, 1.82) is 0 Å². The Morgan fingerprint density at radius 1 is 1.09 bits per heavy atom. The van der Waals surface area contributed by atoms with Gasteiger partial charge in [0, 0.05) is 45.8 Å². The molecule has 1 aromatic carbocycles. The molecule has 0 saturated carbocycles. The van der Waals surface area contributed by atoms with Crippen molar-refractivity contribution in [3.8, 4) is 0 Å². The van der Waals surface area contributed by atoms with Crippen molar-refractivity contribution >= 4 is 11.6 Å². The number of hydrogen-bond donors (Lipinski definition) is 2. The molecule has 0 atom stereocenters. The maximum atomic E-state index is 5.30. The molecule has 118 valence electrons. The first-order valence-corrected chi connectivity index (χ1v) is 7.52. The van der Waals surface area contributed by atoms with Crippen LogP contribution in [0.3, 0.4) is 0 Å². The summed E-state index contributed by atoms with van der Waals surface area (Å²) in [5.74, 6) is 1.79. The molecule has 0 aliphatic rings. The van der Waals surface area contributed by atoms with Gasteiger partial charge in [-0.1, -0.05) is 18.2 Å². The first-order valence-electron chi connectivity index (χ1n) is 7.52. The van der Waals surface area contributed by atoms with E-state index in [0.29, 0.717) is 0 Å². The molecule has 0 unspecified atom stereocenters. The molecule has 0 aliphatic heterocycles. The Hall–Kier alpha value is -2.43. The van der Waals surface area contributed by atoms with Crippen LogP contribution in [0.5, 0.6) is 0 Å². The van der Waals surface area contributed by atoms with Gasteiger partial charge in [-0.3, -0.25) is 4.99 Å². The van der Waals surface area contributed by atoms with Crippen molar-refractivity contribution in [3.63, 3.8) is 0 Å². The van der Waals surface area contributed by atoms with Crippen LogP contribution in [0.1, 0.15) is 5.76 Å². The lowest BCUT2D eigenvalue weighted by Gasteiger charge is -2.20. The van der Waals surface area contributed by atoms with Crippen LogP contribution in [0.15, 0.2) is 58.1 Å². The van der Waals surface area contributed by atoms with Gasteiger partial charge in [-0.05, 0) is 24.3 Å². The third kappa shape index (κ3) is 5.16. The van der Waals surface area contributed by atoms with Gasteiger partial charge in [-0.2, -0.15) is 0 Å². The van der Waals surface area contributed by atoms with E-state index >= 15 is 0 Å². The first kappa shape index (κ1) is 15.9. The maximum absolute atomic E-state index is 5.30. The molecule has 5 nitrogen and oxygen atoms in total. The zero-order valence-electron chi connectivity index (χ0n) is 13.2. The SMILES string of the molecule is CN=C(NCCc1ccco1)NCCN(C)c1ccccc1. The summed E-state index contributed by atoms with van der Waals surface area (Å²) in [6, 6.07) is 14.2. The van der Waals surface area contributed by atoms with Crippen molar-refractivity contribution in [2.24, 2.45) is 4.99 Å². The zero-order valence-corrected chi connectivity index (χ0v) is 13.2. The lowest BCUT2D eigenvalue weighted by molar-refractivity contribution is 0.507. The molecule has 0 amide bonds. The minimum Gasteiger partial charge on any atom is -0.469 e. The Labute approximate surface area is 132 Å². The van der Waals surface area contributed by atoms with Gasteiger partial charge >= 0.3 is 0 Å². The molecule has 1 aromatic heterocycles. The number of anilines is 1. The fourth-order valence-corrected chi connectivity index (χ4v) is 2.13. The standard InChI is InChI=1S/C17H24N4O/c1-18-17(19-11-10-16-9-6-14-22-16)20-12-13-21(2)15-7-4-3-5-8-15/h3-9,14H,10-13H2,1-2H3,(H2,18,19,20). The molecular formula is C17H24N4O. The van der Waals surface area contributed by atoms with E-state index in [0.717, 1.165) is 37.8 Å². The van der Waals surface area contributed by atoms with Crippen LogP contribution in [0.2, 0.25) is 0 Å². The highest BCUT2D eigenvalue weighted by molar-refractivity contribution is 5.79. The number of hydrogen-bond acceptors (Lipinski definition) is 3. The van der Waals surface area contributed by atoms with E-state index in [-0.39, 0.29) is 0 Å². The van der Waals surface area contributed by atoms with Crippen molar-refractivity contribution in [2.75, 3.05) is 38.6 Å². The van der Waals surface area contributed by atoms with E-state index < -0.39 is 0 Å². The molecular weight excluding hydrogens is 276 g/mol. The highest BCUT2D eigenvalue weighted by Crippen LogP contribution is 2.09. The number of guanidine groups is 1. The second-order valence-corrected chi connectivity index (χ2v) is 5.01. The molecule has 0 saturated heterocycles. The summed E-state index contributed by atoms with van der Waals surface area (Å²) in [6.07, 6.45) is 2.54. The number of aliphatic imine (C=N–C) groups is 1. The van der Waals surface area contributed by atoms with Crippen molar-refractivity contribution in [2.45, 2.75) is 6.42 Å². The molecule has 0 spiro atoms. The third-order valence-electron chi connectivity index (χ3n) is 3.40. The van der Waals surface area contributed by atoms with Crippen molar-refractivity contribution < 1.29 is 4.42 Å². The highest BCUT2D eigenvalue weighted by Gasteiger charge is 2.02. The number of benzene rings is 1. The summed E-state index contributed by atoms with van der Waals surface area (Å²) in [5.41, 5.74) is 1.21. The fourth-order valence-electron chi connectivity index (χ4n) is 2.13. The van der Waals surface area contributed by atoms with Gasteiger partial charge in [-0.15, -0.1) is 0 Å². The number of nitrogens with one attached hydrogen (secondary N) is 2. The normalized spacial score (nSPS) is 11.3. The van der Waals surface area contributed by atoms with E-state index in [1.165, 1.54) is 5.69 Å². The number of likely N-dealkylation sites (N-methyl/N-ethyl adjacent to an activating group) is 1. The van der Waals surface area contributed by atoms with Crippen LogP contribution in [-0.4, -0.2) is 39.7 Å². The minimum atomic E-state index is 0.793. The number of para-hydroxylation sites is 1. The minimum absolute atomic E-state index is 0.793. The Bertz CT molecular complexity index is 551. The van der Waals surface area contributed by atoms with E-state index in [9.17, 15) is 0 Å². The van der Waals surface area contributed by atoms with Crippen LogP contribution in [0.4, 0.5) is 5.69 Å². The summed E-state index contributed by atoms with van der Waals surface area (Å²) >= 11 is 0. The van der Waals surface area contributed by atoms with Gasteiger partial charge in [0.25, 0.3) is 0 Å². The summed E-state index contributed by atoms with van der Waals surface area (Å²) in [6.45, 7) is 2.52. The fraction of sp³-hybridized carbons (Fsp3) is 0.353. The maximum Gasteiger partial charge on any atom is 0.191 e. The van der Waals surface area contributed by atoms with Crippen LogP contribution in [0, 0.1) is 0 Å². The Morgan fingerprint density at radius 2 is 1.86 bits per heavy atom. The quantitative estimate of drug-likeness (QED) is 0.607. The smallest absolute Gasteiger partial charge is 0.191 e. The highest BCUT2D eigenvalue weighted by atomic mass is 16.3. The molecule has 5 heteroatoms. The Morgan fingerprint density at radius 3 is 2.55 bits per heavy atom. The second kappa shape index (κ2) is 8.77. The molecule has 22 heavy (non-hydrogen) atoms. The molecule has 0 bridgehead atoms. The van der Waals surface area contributed by atoms with Crippen LogP contribution < -0.4 is 15.5 Å². The molecule has 2 aromatic rings. The molecule has 0 aliphatic carbocycles. The van der Waals surface area contributed by atoms with Gasteiger partial charge in [0.1, 0.15) is 5.76 Å². The number of furan rings is 1. The Balaban J connectivity index is 1.66. The van der Waals surface area contributed by atoms with Crippen molar-refractivity contribution in [3.05, 3.63) is 54.5 Å². The molecule has 0 fully saturated rings. The lowest BCUT2D eigenvalue weighted by Crippen LogP contribution is -2.41. The average Bonchev–Trinajstić information content (AvgIpc) is 3.07. The summed E-state index contributed by atoms with van der Waals surface area (Å²) in [7, 11) is 3.87. The van der Waals surface area contributed by atoms with Crippen LogP contribution >= 0.6 is 0 Å². The first-order chi connectivity index (χ1) is 10.8. The van der Waals surface area contributed by atoms with E-state index in [4.69, 9.17) is 4.42 Å². The molecule has 0 radical (unpaired) electrons. The zero-order chi connectivity index (χ0) is 15.6. The van der Waals surface area contributed by atoms with Gasteiger partial charge < -0.3 is 20.0 Å². The Kier molecular flexibility index (Phi) is 6.36. The van der Waals surface area contributed by atoms with Crippen LogP contribution in [-0.2, 0) is 6.42 Å². The van der Waals surface area contributed by atoms with Gasteiger partial charge in [-0.25, -0.2) is 0 Å². The monoisotopic (exact) mass is 300 g/mol. The molecule has 2 rings (SSSR count). The van der Waals surface area contributed by atoms with E-state index in [1.54, 1.807) is 13.3 Å². The largest absolute Gasteiger partial charge is 0.469 e. The molecule has 2 N–H and O–H groups in total. The summed E-state index contributed by atoms with van der Waals surface area (Å²) in [4.78, 5) is 6.43. The average molecular weight is 300 g/mol. The third-order valence-corrected chi connectivity index (χ3v) is 3.40. The van der Waals surface area contributed by atoms with Gasteiger partial charge in [0.15, 0.2) is 5.96 Å². The van der Waals surface area contributed by atoms with Crippen molar-refractivity contribution in [1.82, 2.24) is 10.6 Å². The predicted octanol–water partition coefficient (Wildman–Crippen LogP) is 2.12. The topological polar surface area (TPSA) is 52.8 Å². The second-order valence-electron chi connectivity index (χ2n) is 5.01. The summed E-state index contributed by atoms with van der Waals surface area (Å²) < 4.78 is 5.30. The lowest BCUT2D eigenvalue weighted by atomic mass is 10.3. The summed E-state index contributed by atoms with van der Waals surface area (Å²) in [5, 5.41) is 6.60. The van der Waals surface area contributed by atoms with E-state index in [1.807, 2.05) is 30.3 Å². The van der Waals surface area contributed by atoms with Gasteiger partial charge in [0.2, 0.25) is 0 Å². The van der Waals surface area contributed by atoms with Crippen LogP contribution in [0.25, 0.3) is 0 Å². The van der Waals surface area contributed by atoms with Gasteiger partial charge in [0.05, 0.1) is 6.26 Å². The number of rotatable bonds is 7. The predicted molar refractivity (Wildman–Crippen MR) is 91.5 cm³/mol. The molecule has 1 heterocycles.